The van der Waals surface area contributed by atoms with Gasteiger partial charge in [0.25, 0.3) is 5.56 Å². The first-order valence-corrected chi connectivity index (χ1v) is 3.97. The van der Waals surface area contributed by atoms with E-state index in [9.17, 15) is 4.79 Å². The minimum Gasteiger partial charge on any atom is -0.271 e. The zero-order valence-electron chi connectivity index (χ0n) is 7.77. The van der Waals surface area contributed by atoms with Gasteiger partial charge in [-0.25, -0.2) is 4.68 Å². The van der Waals surface area contributed by atoms with Crippen molar-refractivity contribution in [2.24, 2.45) is 14.1 Å². The molecule has 0 fully saturated rings. The second-order valence-electron chi connectivity index (χ2n) is 3.04. The summed E-state index contributed by atoms with van der Waals surface area (Å²) in [5, 5.41) is 8.70. The Labute approximate surface area is 74.6 Å². The fraction of sp³-hybridized carbons (Fsp3) is 0.375. The average molecular weight is 178 g/mol. The molecule has 0 bridgehead atoms. The maximum absolute atomic E-state index is 11.6. The molecule has 0 amide bonds. The topological polar surface area (TPSA) is 52.7 Å². The summed E-state index contributed by atoms with van der Waals surface area (Å²) in [5.41, 5.74) is 1.43. The average Bonchev–Trinajstić information content (AvgIpc) is 2.37. The van der Waals surface area contributed by atoms with Gasteiger partial charge in [0, 0.05) is 19.8 Å². The second kappa shape index (κ2) is 2.42. The Morgan fingerprint density at radius 3 is 2.69 bits per heavy atom. The maximum Gasteiger partial charge on any atom is 0.277 e. The molecule has 0 aliphatic carbocycles. The van der Waals surface area contributed by atoms with E-state index in [0.29, 0.717) is 10.9 Å². The van der Waals surface area contributed by atoms with Gasteiger partial charge in [0.05, 0.1) is 11.6 Å². The number of nitrogens with zero attached hydrogens (tertiary/aromatic N) is 4. The molecule has 2 rings (SSSR count). The van der Waals surface area contributed by atoms with Crippen molar-refractivity contribution in [3.05, 3.63) is 22.2 Å². The number of rotatable bonds is 0. The molecule has 0 aromatic carbocycles. The molecule has 0 saturated heterocycles. The van der Waals surface area contributed by atoms with Crippen LogP contribution >= 0.6 is 0 Å². The van der Waals surface area contributed by atoms with E-state index < -0.39 is 0 Å². The maximum atomic E-state index is 11.6. The Hall–Kier alpha value is -1.65. The van der Waals surface area contributed by atoms with Crippen LogP contribution in [0.2, 0.25) is 0 Å². The van der Waals surface area contributed by atoms with Crippen molar-refractivity contribution in [3.8, 4) is 0 Å². The van der Waals surface area contributed by atoms with Gasteiger partial charge in [-0.3, -0.25) is 9.48 Å². The van der Waals surface area contributed by atoms with E-state index in [-0.39, 0.29) is 5.56 Å². The van der Waals surface area contributed by atoms with Crippen molar-refractivity contribution in [2.75, 3.05) is 0 Å². The molecule has 2 aromatic rings. The molecule has 0 aliphatic heterocycles. The third kappa shape index (κ3) is 0.965. The molecule has 0 atom stereocenters. The molecule has 0 N–H and O–H groups in total. The van der Waals surface area contributed by atoms with Crippen LogP contribution in [0.4, 0.5) is 0 Å². The van der Waals surface area contributed by atoms with Crippen molar-refractivity contribution < 1.29 is 0 Å². The van der Waals surface area contributed by atoms with Crippen molar-refractivity contribution in [2.45, 2.75) is 6.92 Å². The molecular formula is C8H10N4O. The summed E-state index contributed by atoms with van der Waals surface area (Å²) in [6.07, 6.45) is 1.60. The Morgan fingerprint density at radius 2 is 2.00 bits per heavy atom. The molecule has 2 heterocycles. The fourth-order valence-corrected chi connectivity index (χ4v) is 1.34. The van der Waals surface area contributed by atoms with E-state index in [4.69, 9.17) is 0 Å². The van der Waals surface area contributed by atoms with Gasteiger partial charge in [-0.1, -0.05) is 0 Å². The predicted octanol–water partition coefficient (Wildman–Crippen LogP) is -0.0246. The van der Waals surface area contributed by atoms with Crippen LogP contribution in [0.25, 0.3) is 10.9 Å². The van der Waals surface area contributed by atoms with Gasteiger partial charge in [-0.05, 0) is 6.92 Å². The lowest BCUT2D eigenvalue weighted by atomic mass is 10.3. The number of hydrogen-bond donors (Lipinski definition) is 0. The van der Waals surface area contributed by atoms with Crippen molar-refractivity contribution in [3.63, 3.8) is 0 Å². The zero-order valence-corrected chi connectivity index (χ0v) is 7.77. The summed E-state index contributed by atoms with van der Waals surface area (Å²) >= 11 is 0. The third-order valence-corrected chi connectivity index (χ3v) is 2.22. The SMILES string of the molecule is Cc1c2c(=O)n(C)ncc2nn1C. The first kappa shape index (κ1) is 7.97. The zero-order chi connectivity index (χ0) is 9.59. The second-order valence-corrected chi connectivity index (χ2v) is 3.04. The lowest BCUT2D eigenvalue weighted by Crippen LogP contribution is -2.19. The number of hydrogen-bond acceptors (Lipinski definition) is 3. The first-order valence-electron chi connectivity index (χ1n) is 3.97. The molecule has 0 unspecified atom stereocenters. The van der Waals surface area contributed by atoms with Gasteiger partial charge >= 0.3 is 0 Å². The molecule has 0 spiro atoms. The van der Waals surface area contributed by atoms with Crippen LogP contribution in [0.1, 0.15) is 5.69 Å². The lowest BCUT2D eigenvalue weighted by Gasteiger charge is -1.94. The van der Waals surface area contributed by atoms with Gasteiger partial charge in [-0.2, -0.15) is 10.2 Å². The molecule has 5 heteroatoms. The Balaban J connectivity index is 3.06. The first-order chi connectivity index (χ1) is 6.11. The summed E-state index contributed by atoms with van der Waals surface area (Å²) < 4.78 is 3.00. The van der Waals surface area contributed by atoms with Crippen LogP contribution in [0.15, 0.2) is 11.0 Å². The van der Waals surface area contributed by atoms with Crippen LogP contribution < -0.4 is 5.56 Å². The van der Waals surface area contributed by atoms with Gasteiger partial charge in [0.15, 0.2) is 0 Å². The third-order valence-electron chi connectivity index (χ3n) is 2.22. The number of fused-ring (bicyclic) bond motifs is 1. The van der Waals surface area contributed by atoms with Gasteiger partial charge in [0.1, 0.15) is 5.52 Å². The number of aryl methyl sites for hydroxylation is 3. The standard InChI is InChI=1S/C8H10N4O/c1-5-7-6(10-11(5)2)4-9-12(3)8(7)13/h4H,1-3H3. The summed E-state index contributed by atoms with van der Waals surface area (Å²) in [4.78, 5) is 11.6. The molecule has 5 nitrogen and oxygen atoms in total. The van der Waals surface area contributed by atoms with Crippen LogP contribution in [0, 0.1) is 6.92 Å². The Bertz CT molecular complexity index is 523. The van der Waals surface area contributed by atoms with E-state index in [1.807, 2.05) is 14.0 Å². The molecule has 0 radical (unpaired) electrons. The lowest BCUT2D eigenvalue weighted by molar-refractivity contribution is 0.717. The highest BCUT2D eigenvalue weighted by molar-refractivity contribution is 5.79. The largest absolute Gasteiger partial charge is 0.277 e. The van der Waals surface area contributed by atoms with Crippen LogP contribution in [-0.2, 0) is 14.1 Å². The van der Waals surface area contributed by atoms with Crippen LogP contribution in [0.3, 0.4) is 0 Å². The van der Waals surface area contributed by atoms with Crippen LogP contribution in [-0.4, -0.2) is 19.6 Å². The normalized spacial score (nSPS) is 11.0. The van der Waals surface area contributed by atoms with Gasteiger partial charge in [0.2, 0.25) is 0 Å². The van der Waals surface area contributed by atoms with Gasteiger partial charge < -0.3 is 0 Å². The minimum absolute atomic E-state index is 0.0944. The van der Waals surface area contributed by atoms with Crippen molar-refractivity contribution in [1.29, 1.82) is 0 Å². The van der Waals surface area contributed by atoms with Gasteiger partial charge in [-0.15, -0.1) is 0 Å². The number of aromatic nitrogens is 4. The molecular weight excluding hydrogens is 168 g/mol. The highest BCUT2D eigenvalue weighted by atomic mass is 16.1. The molecule has 13 heavy (non-hydrogen) atoms. The highest BCUT2D eigenvalue weighted by Gasteiger charge is 2.09. The Morgan fingerprint density at radius 1 is 1.31 bits per heavy atom. The summed E-state index contributed by atoms with van der Waals surface area (Å²) in [6.45, 7) is 1.87. The smallest absolute Gasteiger partial charge is 0.271 e. The Kier molecular flexibility index (Phi) is 1.48. The summed E-state index contributed by atoms with van der Waals surface area (Å²) in [7, 11) is 3.45. The quantitative estimate of drug-likeness (QED) is 0.569. The predicted molar refractivity (Wildman–Crippen MR) is 48.5 cm³/mol. The van der Waals surface area contributed by atoms with E-state index >= 15 is 0 Å². The summed E-state index contributed by atoms with van der Waals surface area (Å²) in [5.74, 6) is 0. The van der Waals surface area contributed by atoms with E-state index in [1.54, 1.807) is 17.9 Å². The highest BCUT2D eigenvalue weighted by Crippen LogP contribution is 2.09. The van der Waals surface area contributed by atoms with Crippen molar-refractivity contribution in [1.82, 2.24) is 19.6 Å². The molecule has 0 saturated carbocycles. The van der Waals surface area contributed by atoms with Crippen LogP contribution in [0.5, 0.6) is 0 Å². The summed E-state index contributed by atoms with van der Waals surface area (Å²) in [6, 6.07) is 0. The minimum atomic E-state index is -0.0944. The van der Waals surface area contributed by atoms with E-state index in [0.717, 1.165) is 5.69 Å². The molecule has 0 aliphatic rings. The monoisotopic (exact) mass is 178 g/mol. The van der Waals surface area contributed by atoms with Crippen molar-refractivity contribution >= 4 is 10.9 Å². The van der Waals surface area contributed by atoms with E-state index in [1.165, 1.54) is 4.68 Å². The molecule has 68 valence electrons. The van der Waals surface area contributed by atoms with E-state index in [2.05, 4.69) is 10.2 Å². The fourth-order valence-electron chi connectivity index (χ4n) is 1.34. The molecule has 2 aromatic heterocycles.